The number of para-hydroxylation sites is 1. The van der Waals surface area contributed by atoms with Crippen LogP contribution in [0.2, 0.25) is 0 Å². The summed E-state index contributed by atoms with van der Waals surface area (Å²) in [6.07, 6.45) is 1.37. The van der Waals surface area contributed by atoms with Crippen LogP contribution >= 0.6 is 0 Å². The molecule has 0 fully saturated rings. The monoisotopic (exact) mass is 421 g/mol. The standard InChI is InChI=1S/C24H23NO4S/c1-17-10-12-21(13-11-17)30(27,28)25-15-20(14-18-6-3-4-9-23(18)29-2)24-19(16-26)7-5-8-22(24)25/h3-13,16,20H,14-15H2,1-2H3/t20-/m0/s1. The van der Waals surface area contributed by atoms with Gasteiger partial charge in [-0.2, -0.15) is 0 Å². The highest BCUT2D eigenvalue weighted by atomic mass is 32.2. The second-order valence-corrected chi connectivity index (χ2v) is 9.32. The minimum Gasteiger partial charge on any atom is -0.496 e. The van der Waals surface area contributed by atoms with Crippen LogP contribution < -0.4 is 9.04 Å². The molecule has 30 heavy (non-hydrogen) atoms. The van der Waals surface area contributed by atoms with Crippen LogP contribution in [0.1, 0.15) is 33.0 Å². The van der Waals surface area contributed by atoms with Crippen LogP contribution in [0.4, 0.5) is 5.69 Å². The van der Waals surface area contributed by atoms with Crippen molar-refractivity contribution in [3.05, 3.63) is 89.0 Å². The predicted molar refractivity (Wildman–Crippen MR) is 117 cm³/mol. The zero-order chi connectivity index (χ0) is 21.3. The molecule has 1 aliphatic rings. The fourth-order valence-corrected chi connectivity index (χ4v) is 5.62. The second-order valence-electron chi connectivity index (χ2n) is 7.46. The minimum atomic E-state index is -3.75. The van der Waals surface area contributed by atoms with Crippen LogP contribution in [-0.2, 0) is 16.4 Å². The summed E-state index contributed by atoms with van der Waals surface area (Å²) in [7, 11) is -2.13. The van der Waals surface area contributed by atoms with Gasteiger partial charge in [0, 0.05) is 18.0 Å². The summed E-state index contributed by atoms with van der Waals surface area (Å²) in [5.41, 5.74) is 3.84. The largest absolute Gasteiger partial charge is 0.496 e. The molecule has 0 N–H and O–H groups in total. The van der Waals surface area contributed by atoms with Gasteiger partial charge in [-0.3, -0.25) is 9.10 Å². The Morgan fingerprint density at radius 1 is 1.03 bits per heavy atom. The molecule has 3 aromatic carbocycles. The summed E-state index contributed by atoms with van der Waals surface area (Å²) in [6, 6.07) is 19.8. The Labute approximate surface area is 177 Å². The van der Waals surface area contributed by atoms with E-state index in [-0.39, 0.29) is 17.4 Å². The van der Waals surface area contributed by atoms with Crippen LogP contribution in [0, 0.1) is 6.92 Å². The van der Waals surface area contributed by atoms with Crippen LogP contribution in [-0.4, -0.2) is 28.4 Å². The Morgan fingerprint density at radius 2 is 1.77 bits per heavy atom. The number of ether oxygens (including phenoxy) is 1. The maximum Gasteiger partial charge on any atom is 0.264 e. The molecule has 1 atom stereocenters. The minimum absolute atomic E-state index is 0.155. The van der Waals surface area contributed by atoms with Gasteiger partial charge < -0.3 is 4.74 Å². The Bertz CT molecular complexity index is 1190. The molecular weight excluding hydrogens is 398 g/mol. The highest BCUT2D eigenvalue weighted by Gasteiger charge is 2.38. The van der Waals surface area contributed by atoms with Crippen molar-refractivity contribution in [2.75, 3.05) is 18.0 Å². The van der Waals surface area contributed by atoms with E-state index in [0.717, 1.165) is 28.7 Å². The number of hydrogen-bond donors (Lipinski definition) is 0. The van der Waals surface area contributed by atoms with Crippen LogP contribution in [0.3, 0.4) is 0 Å². The summed E-state index contributed by atoms with van der Waals surface area (Å²) >= 11 is 0. The van der Waals surface area contributed by atoms with Gasteiger partial charge in [-0.15, -0.1) is 0 Å². The van der Waals surface area contributed by atoms with Gasteiger partial charge in [-0.25, -0.2) is 8.42 Å². The normalized spacial score (nSPS) is 15.7. The third kappa shape index (κ3) is 3.48. The average Bonchev–Trinajstić information content (AvgIpc) is 3.14. The second kappa shape index (κ2) is 7.95. The van der Waals surface area contributed by atoms with Gasteiger partial charge in [0.1, 0.15) is 12.0 Å². The number of benzene rings is 3. The lowest BCUT2D eigenvalue weighted by molar-refractivity contribution is 0.112. The number of hydrogen-bond acceptors (Lipinski definition) is 4. The maximum atomic E-state index is 13.4. The maximum absolute atomic E-state index is 13.4. The van der Waals surface area contributed by atoms with Crippen molar-refractivity contribution in [2.45, 2.75) is 24.2 Å². The van der Waals surface area contributed by atoms with Gasteiger partial charge in [0.05, 0.1) is 17.7 Å². The zero-order valence-electron chi connectivity index (χ0n) is 16.9. The van der Waals surface area contributed by atoms with Gasteiger partial charge in [-0.1, -0.05) is 48.0 Å². The average molecular weight is 422 g/mol. The van der Waals surface area contributed by atoms with E-state index in [2.05, 4.69) is 0 Å². The molecule has 6 heteroatoms. The van der Waals surface area contributed by atoms with Crippen molar-refractivity contribution in [3.63, 3.8) is 0 Å². The van der Waals surface area contributed by atoms with Gasteiger partial charge in [-0.05, 0) is 48.7 Å². The van der Waals surface area contributed by atoms with E-state index < -0.39 is 10.0 Å². The van der Waals surface area contributed by atoms with Crippen molar-refractivity contribution in [1.82, 2.24) is 0 Å². The molecule has 1 heterocycles. The van der Waals surface area contributed by atoms with E-state index in [1.165, 1.54) is 4.31 Å². The highest BCUT2D eigenvalue weighted by Crippen LogP contribution is 2.43. The van der Waals surface area contributed by atoms with Crippen molar-refractivity contribution >= 4 is 22.0 Å². The number of carbonyl (C=O) groups is 1. The molecule has 0 spiro atoms. The van der Waals surface area contributed by atoms with Crippen molar-refractivity contribution < 1.29 is 17.9 Å². The Balaban J connectivity index is 1.79. The molecule has 0 bridgehead atoms. The fourth-order valence-electron chi connectivity index (χ4n) is 4.09. The van der Waals surface area contributed by atoms with Gasteiger partial charge in [0.2, 0.25) is 0 Å². The summed E-state index contributed by atoms with van der Waals surface area (Å²) in [5, 5.41) is 0. The third-order valence-electron chi connectivity index (χ3n) is 5.57. The lowest BCUT2D eigenvalue weighted by Crippen LogP contribution is -2.30. The first-order valence-electron chi connectivity index (χ1n) is 9.75. The Kier molecular flexibility index (Phi) is 5.35. The van der Waals surface area contributed by atoms with E-state index in [1.807, 2.05) is 31.2 Å². The number of anilines is 1. The first-order chi connectivity index (χ1) is 14.5. The Hall–Kier alpha value is -3.12. The zero-order valence-corrected chi connectivity index (χ0v) is 17.7. The molecule has 0 aliphatic carbocycles. The number of carbonyl (C=O) groups excluding carboxylic acids is 1. The van der Waals surface area contributed by atoms with Gasteiger partial charge in [0.15, 0.2) is 0 Å². The van der Waals surface area contributed by atoms with E-state index in [1.54, 1.807) is 49.6 Å². The topological polar surface area (TPSA) is 63.7 Å². The summed E-state index contributed by atoms with van der Waals surface area (Å²) in [6.45, 7) is 2.19. The van der Waals surface area contributed by atoms with E-state index in [4.69, 9.17) is 4.74 Å². The first kappa shape index (κ1) is 20.2. The van der Waals surface area contributed by atoms with Crippen molar-refractivity contribution in [2.24, 2.45) is 0 Å². The molecule has 0 saturated heterocycles. The summed E-state index contributed by atoms with van der Waals surface area (Å²) in [5.74, 6) is 0.598. The quantitative estimate of drug-likeness (QED) is 0.555. The van der Waals surface area contributed by atoms with E-state index in [9.17, 15) is 13.2 Å². The molecule has 0 unspecified atom stereocenters. The number of aldehydes is 1. The Morgan fingerprint density at radius 3 is 2.47 bits per heavy atom. The highest BCUT2D eigenvalue weighted by molar-refractivity contribution is 7.92. The number of methoxy groups -OCH3 is 1. The third-order valence-corrected chi connectivity index (χ3v) is 7.37. The predicted octanol–water partition coefficient (Wildman–Crippen LogP) is 4.35. The summed E-state index contributed by atoms with van der Waals surface area (Å²) in [4.78, 5) is 12.0. The molecule has 0 saturated carbocycles. The van der Waals surface area contributed by atoms with Crippen molar-refractivity contribution in [1.29, 1.82) is 0 Å². The molecule has 5 nitrogen and oxygen atoms in total. The van der Waals surface area contributed by atoms with Crippen LogP contribution in [0.15, 0.2) is 71.6 Å². The molecule has 0 radical (unpaired) electrons. The number of nitrogens with zero attached hydrogens (tertiary/aromatic N) is 1. The van der Waals surface area contributed by atoms with E-state index in [0.29, 0.717) is 17.7 Å². The SMILES string of the molecule is COc1ccccc1C[C@H]1CN(S(=O)(=O)c2ccc(C)cc2)c2cccc(C=O)c21. The molecule has 0 amide bonds. The molecule has 154 valence electrons. The molecule has 1 aliphatic heterocycles. The molecular formula is C24H23NO4S. The van der Waals surface area contributed by atoms with Crippen molar-refractivity contribution in [3.8, 4) is 5.75 Å². The number of sulfonamides is 1. The first-order valence-corrected chi connectivity index (χ1v) is 11.2. The smallest absolute Gasteiger partial charge is 0.264 e. The fraction of sp³-hybridized carbons (Fsp3) is 0.208. The molecule has 3 aromatic rings. The van der Waals surface area contributed by atoms with Gasteiger partial charge in [0.25, 0.3) is 10.0 Å². The number of aryl methyl sites for hydroxylation is 1. The van der Waals surface area contributed by atoms with Crippen LogP contribution in [0.25, 0.3) is 0 Å². The summed E-state index contributed by atoms with van der Waals surface area (Å²) < 4.78 is 33.8. The molecule has 4 rings (SSSR count). The lowest BCUT2D eigenvalue weighted by atomic mass is 9.90. The lowest BCUT2D eigenvalue weighted by Gasteiger charge is -2.20. The van der Waals surface area contributed by atoms with Gasteiger partial charge >= 0.3 is 0 Å². The molecule has 0 aromatic heterocycles. The van der Waals surface area contributed by atoms with Crippen LogP contribution in [0.5, 0.6) is 5.75 Å². The van der Waals surface area contributed by atoms with E-state index >= 15 is 0 Å². The number of fused-ring (bicyclic) bond motifs is 1. The number of rotatable bonds is 6.